The number of rotatable bonds is 3. The van der Waals surface area contributed by atoms with E-state index in [0.29, 0.717) is 12.3 Å². The molecule has 0 spiro atoms. The van der Waals surface area contributed by atoms with Gasteiger partial charge < -0.3 is 0 Å². The molecule has 0 radical (unpaired) electrons. The van der Waals surface area contributed by atoms with E-state index in [4.69, 9.17) is 0 Å². The highest BCUT2D eigenvalue weighted by Crippen LogP contribution is 2.55. The minimum atomic E-state index is 0.193. The van der Waals surface area contributed by atoms with Gasteiger partial charge in [-0.15, -0.1) is 5.10 Å². The van der Waals surface area contributed by atoms with Gasteiger partial charge in [0.25, 0.3) is 0 Å². The highest BCUT2D eigenvalue weighted by molar-refractivity contribution is 5.83. The minimum absolute atomic E-state index is 0.193. The molecule has 2 aromatic rings. The topological polar surface area (TPSA) is 60.7 Å². The van der Waals surface area contributed by atoms with Crippen molar-refractivity contribution in [3.8, 4) is 0 Å². The third-order valence-electron chi connectivity index (χ3n) is 6.06. The van der Waals surface area contributed by atoms with Gasteiger partial charge in [-0.3, -0.25) is 9.78 Å². The summed E-state index contributed by atoms with van der Waals surface area (Å²) in [6.45, 7) is 2.68. The lowest BCUT2D eigenvalue weighted by Gasteiger charge is -2.40. The number of nitrogens with zero attached hydrogens (tertiary/aromatic N) is 4. The largest absolute Gasteiger partial charge is 0.297 e. The Morgan fingerprint density at radius 1 is 1.36 bits per heavy atom. The number of pyridine rings is 1. The molecule has 3 atom stereocenters. The molecular formula is C17H22N4O. The molecule has 2 aliphatic rings. The third-order valence-corrected chi connectivity index (χ3v) is 6.06. The molecule has 116 valence electrons. The predicted molar refractivity (Wildman–Crippen MR) is 83.1 cm³/mol. The van der Waals surface area contributed by atoms with Gasteiger partial charge in [-0.1, -0.05) is 25.0 Å². The molecule has 0 aliphatic heterocycles. The highest BCUT2D eigenvalue weighted by Gasteiger charge is 2.50. The van der Waals surface area contributed by atoms with E-state index < -0.39 is 0 Å². The first-order valence-electron chi connectivity index (χ1n) is 8.34. The SMILES string of the molecule is CC12CCCCC1CCC2C(=O)Cn1nnc2cnccc21. The zero-order valence-electron chi connectivity index (χ0n) is 13.0. The quantitative estimate of drug-likeness (QED) is 0.874. The van der Waals surface area contributed by atoms with Crippen molar-refractivity contribution in [3.05, 3.63) is 18.5 Å². The lowest BCUT2D eigenvalue weighted by atomic mass is 9.64. The van der Waals surface area contributed by atoms with Crippen molar-refractivity contribution in [1.29, 1.82) is 0 Å². The normalized spacial score (nSPS) is 31.3. The van der Waals surface area contributed by atoms with Crippen LogP contribution in [0.15, 0.2) is 18.5 Å². The van der Waals surface area contributed by atoms with Crippen molar-refractivity contribution in [2.45, 2.75) is 52.0 Å². The van der Waals surface area contributed by atoms with Crippen LogP contribution in [0.5, 0.6) is 0 Å². The Kier molecular flexibility index (Phi) is 3.24. The highest BCUT2D eigenvalue weighted by atomic mass is 16.1. The van der Waals surface area contributed by atoms with Crippen LogP contribution in [-0.2, 0) is 11.3 Å². The summed E-state index contributed by atoms with van der Waals surface area (Å²) in [6.07, 6.45) is 10.8. The number of Topliss-reactive ketones (excluding diaryl/α,β-unsaturated/α-hetero) is 1. The Bertz CT molecular complexity index is 710. The maximum absolute atomic E-state index is 12.9. The van der Waals surface area contributed by atoms with Crippen molar-refractivity contribution >= 4 is 16.8 Å². The molecule has 2 fully saturated rings. The van der Waals surface area contributed by atoms with E-state index in [9.17, 15) is 4.79 Å². The summed E-state index contributed by atoms with van der Waals surface area (Å²) >= 11 is 0. The van der Waals surface area contributed by atoms with Crippen molar-refractivity contribution in [1.82, 2.24) is 20.0 Å². The van der Waals surface area contributed by atoms with Gasteiger partial charge in [0, 0.05) is 12.1 Å². The zero-order valence-corrected chi connectivity index (χ0v) is 13.0. The molecule has 5 nitrogen and oxygen atoms in total. The standard InChI is InChI=1S/C17H22N4O/c1-17-8-3-2-4-12(17)5-6-13(17)16(22)11-21-15-7-9-18-10-14(15)19-20-21/h7,9-10,12-13H,2-6,8,11H2,1H3. The van der Waals surface area contributed by atoms with E-state index in [1.54, 1.807) is 17.1 Å². The molecule has 22 heavy (non-hydrogen) atoms. The van der Waals surface area contributed by atoms with Gasteiger partial charge in [-0.05, 0) is 43.1 Å². The second-order valence-electron chi connectivity index (χ2n) is 7.16. The molecule has 0 bridgehead atoms. The Labute approximate surface area is 130 Å². The Hall–Kier alpha value is -1.78. The molecule has 3 unspecified atom stereocenters. The number of carbonyl (C=O) groups is 1. The van der Waals surface area contributed by atoms with Crippen LogP contribution < -0.4 is 0 Å². The van der Waals surface area contributed by atoms with Gasteiger partial charge in [0.05, 0.1) is 11.7 Å². The van der Waals surface area contributed by atoms with Crippen LogP contribution in [0, 0.1) is 17.3 Å². The monoisotopic (exact) mass is 298 g/mol. The molecule has 2 aliphatic carbocycles. The van der Waals surface area contributed by atoms with Crippen molar-refractivity contribution in [2.75, 3.05) is 0 Å². The fraction of sp³-hybridized carbons (Fsp3) is 0.647. The van der Waals surface area contributed by atoms with Gasteiger partial charge in [0.15, 0.2) is 5.78 Å². The average Bonchev–Trinajstić information content (AvgIpc) is 3.08. The minimum Gasteiger partial charge on any atom is -0.297 e. The molecule has 2 heterocycles. The van der Waals surface area contributed by atoms with Crippen LogP contribution >= 0.6 is 0 Å². The Balaban J connectivity index is 1.57. The Morgan fingerprint density at radius 2 is 2.27 bits per heavy atom. The molecule has 0 N–H and O–H groups in total. The summed E-state index contributed by atoms with van der Waals surface area (Å²) in [5, 5.41) is 8.23. The smallest absolute Gasteiger partial charge is 0.157 e. The van der Waals surface area contributed by atoms with E-state index >= 15 is 0 Å². The van der Waals surface area contributed by atoms with E-state index in [2.05, 4.69) is 22.2 Å². The number of fused-ring (bicyclic) bond motifs is 2. The average molecular weight is 298 g/mol. The van der Waals surface area contributed by atoms with Gasteiger partial charge in [0.1, 0.15) is 12.1 Å². The van der Waals surface area contributed by atoms with Crippen LogP contribution in [0.4, 0.5) is 0 Å². The molecule has 2 aromatic heterocycles. The summed E-state index contributed by atoms with van der Waals surface area (Å²) in [4.78, 5) is 17.0. The molecule has 0 amide bonds. The van der Waals surface area contributed by atoms with Gasteiger partial charge in [-0.25, -0.2) is 4.68 Å². The summed E-state index contributed by atoms with van der Waals surface area (Å²) in [7, 11) is 0. The first kappa shape index (κ1) is 13.9. The number of ketones is 1. The Morgan fingerprint density at radius 3 is 3.18 bits per heavy atom. The van der Waals surface area contributed by atoms with Crippen LogP contribution in [-0.4, -0.2) is 25.8 Å². The molecule has 4 rings (SSSR count). The van der Waals surface area contributed by atoms with Gasteiger partial charge >= 0.3 is 0 Å². The maximum Gasteiger partial charge on any atom is 0.157 e. The number of hydrogen-bond donors (Lipinski definition) is 0. The zero-order chi connectivity index (χ0) is 15.2. The summed E-state index contributed by atoms with van der Waals surface area (Å²) in [5.74, 6) is 1.27. The number of carbonyl (C=O) groups excluding carboxylic acids is 1. The van der Waals surface area contributed by atoms with Gasteiger partial charge in [0.2, 0.25) is 0 Å². The molecule has 2 saturated carbocycles. The van der Waals surface area contributed by atoms with E-state index in [1.807, 2.05) is 6.07 Å². The maximum atomic E-state index is 12.9. The number of hydrogen-bond acceptors (Lipinski definition) is 4. The van der Waals surface area contributed by atoms with Gasteiger partial charge in [-0.2, -0.15) is 0 Å². The molecule has 5 heteroatoms. The molecular weight excluding hydrogens is 276 g/mol. The first-order valence-corrected chi connectivity index (χ1v) is 8.34. The fourth-order valence-corrected chi connectivity index (χ4v) is 4.79. The fourth-order valence-electron chi connectivity index (χ4n) is 4.79. The van der Waals surface area contributed by atoms with Crippen LogP contribution in [0.25, 0.3) is 11.0 Å². The lowest BCUT2D eigenvalue weighted by Crippen LogP contribution is -2.37. The first-order chi connectivity index (χ1) is 10.7. The second kappa shape index (κ2) is 5.14. The van der Waals surface area contributed by atoms with Crippen molar-refractivity contribution in [3.63, 3.8) is 0 Å². The molecule has 0 aromatic carbocycles. The van der Waals surface area contributed by atoms with Crippen LogP contribution in [0.1, 0.15) is 45.4 Å². The summed E-state index contributed by atoms with van der Waals surface area (Å²) in [6, 6.07) is 1.88. The van der Waals surface area contributed by atoms with Crippen LogP contribution in [0.2, 0.25) is 0 Å². The predicted octanol–water partition coefficient (Wildman–Crippen LogP) is 3.00. The van der Waals surface area contributed by atoms with E-state index in [-0.39, 0.29) is 11.3 Å². The summed E-state index contributed by atoms with van der Waals surface area (Å²) < 4.78 is 1.73. The van der Waals surface area contributed by atoms with Crippen molar-refractivity contribution in [2.24, 2.45) is 17.3 Å². The number of aromatic nitrogens is 4. The van der Waals surface area contributed by atoms with E-state index in [1.165, 1.54) is 32.1 Å². The molecule has 0 saturated heterocycles. The van der Waals surface area contributed by atoms with Crippen LogP contribution in [0.3, 0.4) is 0 Å². The van der Waals surface area contributed by atoms with Crippen molar-refractivity contribution < 1.29 is 4.79 Å². The lowest BCUT2D eigenvalue weighted by molar-refractivity contribution is -0.127. The second-order valence-corrected chi connectivity index (χ2v) is 7.16. The summed E-state index contributed by atoms with van der Waals surface area (Å²) in [5.41, 5.74) is 1.86. The third kappa shape index (κ3) is 2.06. The van der Waals surface area contributed by atoms with E-state index in [0.717, 1.165) is 23.4 Å².